The SMILES string of the molecule is Nc1ccc(=O)[nH]c1Nc1ccccc1C1CC1. The summed E-state index contributed by atoms with van der Waals surface area (Å²) in [5, 5.41) is 3.22. The minimum atomic E-state index is -0.157. The molecule has 0 spiro atoms. The topological polar surface area (TPSA) is 70.9 Å². The molecule has 1 aromatic carbocycles. The molecule has 1 aromatic heterocycles. The van der Waals surface area contributed by atoms with E-state index in [0.717, 1.165) is 5.69 Å². The van der Waals surface area contributed by atoms with Crippen molar-refractivity contribution in [2.45, 2.75) is 18.8 Å². The molecule has 1 aliphatic rings. The van der Waals surface area contributed by atoms with Gasteiger partial charge in [-0.3, -0.25) is 4.79 Å². The second-order valence-corrected chi connectivity index (χ2v) is 4.64. The number of hydrogen-bond donors (Lipinski definition) is 3. The van der Waals surface area contributed by atoms with Crippen molar-refractivity contribution in [3.8, 4) is 0 Å². The quantitative estimate of drug-likeness (QED) is 0.773. The van der Waals surface area contributed by atoms with Gasteiger partial charge in [-0.05, 0) is 36.5 Å². The molecular weight excluding hydrogens is 226 g/mol. The fourth-order valence-electron chi connectivity index (χ4n) is 2.09. The Morgan fingerprint density at radius 2 is 1.94 bits per heavy atom. The van der Waals surface area contributed by atoms with Gasteiger partial charge in [0.1, 0.15) is 5.82 Å². The van der Waals surface area contributed by atoms with Gasteiger partial charge in [0.15, 0.2) is 0 Å². The van der Waals surface area contributed by atoms with Gasteiger partial charge in [-0.15, -0.1) is 0 Å². The molecule has 92 valence electrons. The van der Waals surface area contributed by atoms with E-state index in [2.05, 4.69) is 16.4 Å². The highest BCUT2D eigenvalue weighted by molar-refractivity contribution is 5.70. The largest absolute Gasteiger partial charge is 0.396 e. The van der Waals surface area contributed by atoms with Crippen LogP contribution in [0.5, 0.6) is 0 Å². The van der Waals surface area contributed by atoms with Crippen LogP contribution in [0.15, 0.2) is 41.2 Å². The third-order valence-corrected chi connectivity index (χ3v) is 3.19. The second kappa shape index (κ2) is 4.22. The number of benzene rings is 1. The van der Waals surface area contributed by atoms with Crippen molar-refractivity contribution in [1.29, 1.82) is 0 Å². The number of hydrogen-bond acceptors (Lipinski definition) is 3. The Kier molecular flexibility index (Phi) is 2.55. The van der Waals surface area contributed by atoms with Crippen LogP contribution >= 0.6 is 0 Å². The van der Waals surface area contributed by atoms with E-state index in [1.165, 1.54) is 24.5 Å². The van der Waals surface area contributed by atoms with Crippen molar-refractivity contribution >= 4 is 17.2 Å². The maximum absolute atomic E-state index is 11.3. The lowest BCUT2D eigenvalue weighted by Gasteiger charge is -2.12. The molecule has 1 saturated carbocycles. The zero-order chi connectivity index (χ0) is 12.5. The molecule has 0 atom stereocenters. The third-order valence-electron chi connectivity index (χ3n) is 3.19. The van der Waals surface area contributed by atoms with E-state index in [4.69, 9.17) is 5.73 Å². The maximum Gasteiger partial charge on any atom is 0.249 e. The van der Waals surface area contributed by atoms with E-state index in [1.807, 2.05) is 18.2 Å². The van der Waals surface area contributed by atoms with E-state index < -0.39 is 0 Å². The predicted molar refractivity (Wildman–Crippen MR) is 73.2 cm³/mol. The number of nitrogen functional groups attached to an aromatic ring is 1. The highest BCUT2D eigenvalue weighted by Crippen LogP contribution is 2.43. The molecule has 1 aliphatic carbocycles. The summed E-state index contributed by atoms with van der Waals surface area (Å²) in [6, 6.07) is 11.2. The van der Waals surface area contributed by atoms with Crippen LogP contribution in [0.3, 0.4) is 0 Å². The molecule has 18 heavy (non-hydrogen) atoms. The molecule has 4 nitrogen and oxygen atoms in total. The summed E-state index contributed by atoms with van der Waals surface area (Å²) in [6.07, 6.45) is 2.47. The van der Waals surface area contributed by atoms with Crippen LogP contribution in [-0.4, -0.2) is 4.98 Å². The zero-order valence-electron chi connectivity index (χ0n) is 9.94. The number of aromatic amines is 1. The summed E-state index contributed by atoms with van der Waals surface area (Å²) < 4.78 is 0. The first-order valence-electron chi connectivity index (χ1n) is 6.09. The van der Waals surface area contributed by atoms with Crippen LogP contribution in [0, 0.1) is 0 Å². The van der Waals surface area contributed by atoms with Gasteiger partial charge in [0.2, 0.25) is 5.56 Å². The number of nitrogens with one attached hydrogen (secondary N) is 2. The standard InChI is InChI=1S/C14H15N3O/c15-11-7-8-13(18)17-14(11)16-12-4-2-1-3-10(12)9-5-6-9/h1-4,7-9H,5-6,15H2,(H2,16,17,18). The molecule has 0 radical (unpaired) electrons. The first kappa shape index (κ1) is 10.9. The molecule has 0 aliphatic heterocycles. The summed E-state index contributed by atoms with van der Waals surface area (Å²) in [6.45, 7) is 0. The molecule has 3 rings (SSSR count). The number of nitrogens with two attached hydrogens (primary N) is 1. The third kappa shape index (κ3) is 2.09. The molecule has 0 unspecified atom stereocenters. The van der Waals surface area contributed by atoms with Crippen molar-refractivity contribution in [2.75, 3.05) is 11.1 Å². The van der Waals surface area contributed by atoms with Crippen LogP contribution in [0.25, 0.3) is 0 Å². The number of para-hydroxylation sites is 1. The Labute approximate surface area is 105 Å². The van der Waals surface area contributed by atoms with Crippen LogP contribution < -0.4 is 16.6 Å². The van der Waals surface area contributed by atoms with Gasteiger partial charge in [-0.25, -0.2) is 0 Å². The van der Waals surface area contributed by atoms with Crippen LogP contribution in [0.4, 0.5) is 17.2 Å². The average molecular weight is 241 g/mol. The predicted octanol–water partition coefficient (Wildman–Crippen LogP) is 2.58. The van der Waals surface area contributed by atoms with Gasteiger partial charge in [0.05, 0.1) is 5.69 Å². The number of pyridine rings is 1. The molecule has 4 N–H and O–H groups in total. The number of anilines is 3. The van der Waals surface area contributed by atoms with Gasteiger partial charge in [-0.2, -0.15) is 0 Å². The van der Waals surface area contributed by atoms with Gasteiger partial charge >= 0.3 is 0 Å². The van der Waals surface area contributed by atoms with Crippen LogP contribution in [0.1, 0.15) is 24.3 Å². The second-order valence-electron chi connectivity index (χ2n) is 4.64. The Bertz CT molecular complexity index is 629. The summed E-state index contributed by atoms with van der Waals surface area (Å²) in [5.74, 6) is 1.21. The molecular formula is C14H15N3O. The molecule has 1 fully saturated rings. The lowest BCUT2D eigenvalue weighted by Crippen LogP contribution is -2.09. The van der Waals surface area contributed by atoms with E-state index in [0.29, 0.717) is 17.4 Å². The van der Waals surface area contributed by atoms with E-state index in [9.17, 15) is 4.79 Å². The Morgan fingerprint density at radius 1 is 1.17 bits per heavy atom. The number of rotatable bonds is 3. The molecule has 2 aromatic rings. The van der Waals surface area contributed by atoms with Gasteiger partial charge in [-0.1, -0.05) is 18.2 Å². The van der Waals surface area contributed by atoms with Gasteiger partial charge in [0, 0.05) is 11.8 Å². The van der Waals surface area contributed by atoms with Crippen molar-refractivity contribution in [2.24, 2.45) is 0 Å². The molecule has 4 heteroatoms. The minimum Gasteiger partial charge on any atom is -0.396 e. The van der Waals surface area contributed by atoms with Crippen molar-refractivity contribution in [3.05, 3.63) is 52.3 Å². The number of aromatic nitrogens is 1. The molecule has 1 heterocycles. The lowest BCUT2D eigenvalue weighted by molar-refractivity contribution is 1.13. The summed E-state index contributed by atoms with van der Waals surface area (Å²) in [7, 11) is 0. The fraction of sp³-hybridized carbons (Fsp3) is 0.214. The zero-order valence-corrected chi connectivity index (χ0v) is 9.94. The monoisotopic (exact) mass is 241 g/mol. The summed E-state index contributed by atoms with van der Waals surface area (Å²) in [5.41, 5.74) is 8.55. The minimum absolute atomic E-state index is 0.157. The molecule has 0 bridgehead atoms. The first-order valence-corrected chi connectivity index (χ1v) is 6.09. The molecule has 0 saturated heterocycles. The number of H-pyrrole nitrogens is 1. The first-order chi connectivity index (χ1) is 8.74. The van der Waals surface area contributed by atoms with Crippen LogP contribution in [0.2, 0.25) is 0 Å². The van der Waals surface area contributed by atoms with Crippen LogP contribution in [-0.2, 0) is 0 Å². The van der Waals surface area contributed by atoms with E-state index in [-0.39, 0.29) is 5.56 Å². The maximum atomic E-state index is 11.3. The normalized spacial score (nSPS) is 14.4. The summed E-state index contributed by atoms with van der Waals surface area (Å²) in [4.78, 5) is 14.0. The van der Waals surface area contributed by atoms with Crippen molar-refractivity contribution in [1.82, 2.24) is 4.98 Å². The molecule has 0 amide bonds. The van der Waals surface area contributed by atoms with Crippen molar-refractivity contribution in [3.63, 3.8) is 0 Å². The lowest BCUT2D eigenvalue weighted by atomic mass is 10.1. The summed E-state index contributed by atoms with van der Waals surface area (Å²) >= 11 is 0. The Balaban J connectivity index is 1.96. The van der Waals surface area contributed by atoms with E-state index in [1.54, 1.807) is 6.07 Å². The Hall–Kier alpha value is -2.23. The smallest absolute Gasteiger partial charge is 0.249 e. The highest BCUT2D eigenvalue weighted by Gasteiger charge is 2.25. The fourth-order valence-corrected chi connectivity index (χ4v) is 2.09. The Morgan fingerprint density at radius 3 is 2.72 bits per heavy atom. The highest BCUT2D eigenvalue weighted by atomic mass is 16.1. The van der Waals surface area contributed by atoms with E-state index >= 15 is 0 Å². The van der Waals surface area contributed by atoms with Crippen molar-refractivity contribution < 1.29 is 0 Å². The van der Waals surface area contributed by atoms with Gasteiger partial charge < -0.3 is 16.0 Å². The average Bonchev–Trinajstić information content (AvgIpc) is 3.19. The van der Waals surface area contributed by atoms with Gasteiger partial charge in [0.25, 0.3) is 0 Å².